The summed E-state index contributed by atoms with van der Waals surface area (Å²) in [6.07, 6.45) is 4.94. The molecular weight excluding hydrogens is 268 g/mol. The topological polar surface area (TPSA) is 58.6 Å². The molecule has 5 heteroatoms. The maximum absolute atomic E-state index is 12.5. The van der Waals surface area contributed by atoms with E-state index in [0.29, 0.717) is 11.8 Å². The number of nitrogens with zero attached hydrogens (tertiary/aromatic N) is 1. The molecule has 2 aliphatic rings. The molecule has 1 atom stereocenters. The summed E-state index contributed by atoms with van der Waals surface area (Å²) in [7, 11) is 0. The average molecular weight is 296 g/mol. The Hall–Kier alpha value is -1.26. The van der Waals surface area contributed by atoms with E-state index in [0.717, 1.165) is 25.9 Å². The highest BCUT2D eigenvalue weighted by molar-refractivity contribution is 5.85. The van der Waals surface area contributed by atoms with Crippen molar-refractivity contribution < 1.29 is 14.3 Å². The Morgan fingerprint density at radius 3 is 2.19 bits per heavy atom. The molecule has 1 unspecified atom stereocenters. The van der Waals surface area contributed by atoms with Gasteiger partial charge in [0.25, 0.3) is 0 Å². The van der Waals surface area contributed by atoms with E-state index >= 15 is 0 Å². The number of nitrogens with one attached hydrogen (secondary N) is 1. The molecule has 120 valence electrons. The van der Waals surface area contributed by atoms with Crippen molar-refractivity contribution >= 4 is 12.0 Å². The van der Waals surface area contributed by atoms with Crippen molar-refractivity contribution in [3.05, 3.63) is 0 Å². The number of likely N-dealkylation sites (tertiary alicyclic amines) is 1. The Morgan fingerprint density at radius 2 is 1.76 bits per heavy atom. The molecule has 0 aromatic heterocycles. The van der Waals surface area contributed by atoms with Crippen LogP contribution in [0.4, 0.5) is 4.79 Å². The summed E-state index contributed by atoms with van der Waals surface area (Å²) in [6.45, 7) is 9.00. The van der Waals surface area contributed by atoms with Crippen molar-refractivity contribution in [3.63, 3.8) is 0 Å². The minimum Gasteiger partial charge on any atom is -0.444 e. The number of ether oxygens (including phenoxy) is 1. The predicted octanol–water partition coefficient (Wildman–Crippen LogP) is 2.69. The molecule has 0 radical (unpaired) electrons. The summed E-state index contributed by atoms with van der Waals surface area (Å²) in [5.41, 5.74) is 0.00594. The van der Waals surface area contributed by atoms with Gasteiger partial charge in [-0.3, -0.25) is 4.79 Å². The van der Waals surface area contributed by atoms with Crippen molar-refractivity contribution in [2.24, 2.45) is 5.41 Å². The quantitative estimate of drug-likeness (QED) is 0.871. The Morgan fingerprint density at radius 1 is 1.19 bits per heavy atom. The molecule has 1 saturated heterocycles. The zero-order valence-electron chi connectivity index (χ0n) is 13.7. The molecule has 21 heavy (non-hydrogen) atoms. The zero-order valence-corrected chi connectivity index (χ0v) is 13.7. The lowest BCUT2D eigenvalue weighted by molar-refractivity contribution is -0.135. The molecular formula is C16H28N2O3. The Labute approximate surface area is 127 Å². The van der Waals surface area contributed by atoms with E-state index in [1.54, 1.807) is 0 Å². The number of hydrogen-bond donors (Lipinski definition) is 1. The highest BCUT2D eigenvalue weighted by Gasteiger charge is 2.45. The summed E-state index contributed by atoms with van der Waals surface area (Å²) in [5.74, 6) is 0.0267. The highest BCUT2D eigenvalue weighted by atomic mass is 16.6. The van der Waals surface area contributed by atoms with Crippen molar-refractivity contribution in [3.8, 4) is 0 Å². The summed E-state index contributed by atoms with van der Waals surface area (Å²) in [5, 5.41) is 2.70. The third-order valence-corrected chi connectivity index (χ3v) is 4.49. The van der Waals surface area contributed by atoms with Crippen LogP contribution in [0.5, 0.6) is 0 Å². The average Bonchev–Trinajstić information content (AvgIpc) is 3.13. The number of piperidine rings is 1. The van der Waals surface area contributed by atoms with Crippen LogP contribution >= 0.6 is 0 Å². The normalized spacial score (nSPS) is 21.8. The maximum atomic E-state index is 12.5. The van der Waals surface area contributed by atoms with Crippen LogP contribution in [0, 0.1) is 5.41 Å². The largest absolute Gasteiger partial charge is 0.444 e. The van der Waals surface area contributed by atoms with Crippen molar-refractivity contribution in [2.75, 3.05) is 13.1 Å². The lowest BCUT2D eigenvalue weighted by atomic mass is 9.93. The van der Waals surface area contributed by atoms with E-state index in [4.69, 9.17) is 4.74 Å². The molecule has 1 heterocycles. The monoisotopic (exact) mass is 296 g/mol. The van der Waals surface area contributed by atoms with Crippen LogP contribution in [0.1, 0.15) is 59.8 Å². The first-order chi connectivity index (χ1) is 9.75. The molecule has 0 aromatic rings. The zero-order chi connectivity index (χ0) is 15.7. The van der Waals surface area contributed by atoms with E-state index < -0.39 is 17.7 Å². The third-order valence-electron chi connectivity index (χ3n) is 4.49. The molecule has 1 aliphatic carbocycles. The second-order valence-electron chi connectivity index (χ2n) is 7.43. The van der Waals surface area contributed by atoms with E-state index in [1.165, 1.54) is 12.8 Å². The van der Waals surface area contributed by atoms with Gasteiger partial charge in [-0.1, -0.05) is 6.92 Å². The smallest absolute Gasteiger partial charge is 0.408 e. The van der Waals surface area contributed by atoms with Gasteiger partial charge in [0.2, 0.25) is 5.91 Å². The summed E-state index contributed by atoms with van der Waals surface area (Å²) in [4.78, 5) is 26.2. The molecule has 2 rings (SSSR count). The molecule has 1 saturated carbocycles. The van der Waals surface area contributed by atoms with Crippen molar-refractivity contribution in [1.82, 2.24) is 10.2 Å². The van der Waals surface area contributed by atoms with Gasteiger partial charge < -0.3 is 15.0 Å². The highest BCUT2D eigenvalue weighted by Crippen LogP contribution is 2.53. The van der Waals surface area contributed by atoms with Gasteiger partial charge in [0.05, 0.1) is 0 Å². The predicted molar refractivity (Wildman–Crippen MR) is 80.9 cm³/mol. The Bertz CT molecular complexity index is 400. The number of carbonyl (C=O) groups excluding carboxylic acids is 2. The molecule has 2 amide bonds. The van der Waals surface area contributed by atoms with Gasteiger partial charge in [0.1, 0.15) is 11.6 Å². The van der Waals surface area contributed by atoms with Crippen LogP contribution in [0.15, 0.2) is 0 Å². The van der Waals surface area contributed by atoms with Gasteiger partial charge >= 0.3 is 6.09 Å². The number of hydrogen-bond acceptors (Lipinski definition) is 3. The van der Waals surface area contributed by atoms with Crippen LogP contribution in [0.3, 0.4) is 0 Å². The van der Waals surface area contributed by atoms with E-state index in [2.05, 4.69) is 5.32 Å². The first kappa shape index (κ1) is 16.1. The number of carbonyl (C=O) groups is 2. The van der Waals surface area contributed by atoms with Crippen LogP contribution in [0.25, 0.3) is 0 Å². The number of rotatable bonds is 3. The molecule has 0 bridgehead atoms. The lowest BCUT2D eigenvalue weighted by Gasteiger charge is -2.34. The molecule has 1 aliphatic heterocycles. The van der Waals surface area contributed by atoms with E-state index in [9.17, 15) is 9.59 Å². The number of amides is 2. The fourth-order valence-electron chi connectivity index (χ4n) is 2.89. The minimum atomic E-state index is -0.547. The van der Waals surface area contributed by atoms with Gasteiger partial charge in [-0.15, -0.1) is 0 Å². The molecule has 5 nitrogen and oxygen atoms in total. The SMILES string of the molecule is CCC(NC(=O)OC(C)(C)C)C(=O)N1CCC2(CC1)CC2. The van der Waals surface area contributed by atoms with Gasteiger partial charge in [-0.2, -0.15) is 0 Å². The third kappa shape index (κ3) is 4.35. The van der Waals surface area contributed by atoms with Crippen LogP contribution in [-0.4, -0.2) is 41.6 Å². The number of alkyl carbamates (subject to hydrolysis) is 1. The summed E-state index contributed by atoms with van der Waals surface area (Å²) < 4.78 is 5.23. The fourth-order valence-corrected chi connectivity index (χ4v) is 2.89. The van der Waals surface area contributed by atoms with Crippen LogP contribution < -0.4 is 5.32 Å². The summed E-state index contributed by atoms with van der Waals surface area (Å²) in [6, 6.07) is -0.479. The second kappa shape index (κ2) is 5.85. The van der Waals surface area contributed by atoms with Crippen molar-refractivity contribution in [2.45, 2.75) is 71.4 Å². The molecule has 1 spiro atoms. The maximum Gasteiger partial charge on any atom is 0.408 e. The van der Waals surface area contributed by atoms with Crippen LogP contribution in [0.2, 0.25) is 0 Å². The Balaban J connectivity index is 1.85. The van der Waals surface area contributed by atoms with Gasteiger partial charge in [0.15, 0.2) is 0 Å². The molecule has 2 fully saturated rings. The second-order valence-corrected chi connectivity index (χ2v) is 7.43. The standard InChI is InChI=1S/C16H28N2O3/c1-5-12(17-14(20)21-15(2,3)4)13(19)18-10-8-16(6-7-16)9-11-18/h12H,5-11H2,1-4H3,(H,17,20). The van der Waals surface area contributed by atoms with Crippen LogP contribution in [-0.2, 0) is 9.53 Å². The fraction of sp³-hybridized carbons (Fsp3) is 0.875. The van der Waals surface area contributed by atoms with Gasteiger partial charge in [-0.25, -0.2) is 4.79 Å². The first-order valence-electron chi connectivity index (χ1n) is 8.03. The summed E-state index contributed by atoms with van der Waals surface area (Å²) >= 11 is 0. The van der Waals surface area contributed by atoms with E-state index in [-0.39, 0.29) is 5.91 Å². The minimum absolute atomic E-state index is 0.0267. The molecule has 1 N–H and O–H groups in total. The van der Waals surface area contributed by atoms with E-state index in [1.807, 2.05) is 32.6 Å². The lowest BCUT2D eigenvalue weighted by Crippen LogP contribution is -2.51. The van der Waals surface area contributed by atoms with Gasteiger partial charge in [0, 0.05) is 13.1 Å². The van der Waals surface area contributed by atoms with Gasteiger partial charge in [-0.05, 0) is 58.3 Å². The molecule has 0 aromatic carbocycles. The Kier molecular flexibility index (Phi) is 4.49. The first-order valence-corrected chi connectivity index (χ1v) is 8.03. The van der Waals surface area contributed by atoms with Crippen molar-refractivity contribution in [1.29, 1.82) is 0 Å².